The van der Waals surface area contributed by atoms with Crippen LogP contribution in [-0.2, 0) is 14.0 Å². The monoisotopic (exact) mass is 332 g/mol. The first-order chi connectivity index (χ1) is 10.6. The Morgan fingerprint density at radius 1 is 1.09 bits per heavy atom. The maximum absolute atomic E-state index is 6.21. The van der Waals surface area contributed by atoms with Gasteiger partial charge in [0.15, 0.2) is 0 Å². The number of hydrogen-bond acceptors (Lipinski definition) is 3. The van der Waals surface area contributed by atoms with E-state index in [0.29, 0.717) is 6.61 Å². The molecule has 1 aromatic rings. The van der Waals surface area contributed by atoms with Crippen LogP contribution in [0.2, 0.25) is 13.1 Å². The van der Waals surface area contributed by atoms with E-state index in [4.69, 9.17) is 14.0 Å². The molecule has 1 aliphatic heterocycles. The summed E-state index contributed by atoms with van der Waals surface area (Å²) in [4.78, 5) is 0. The van der Waals surface area contributed by atoms with Crippen molar-refractivity contribution in [3.63, 3.8) is 0 Å². The van der Waals surface area contributed by atoms with Gasteiger partial charge in [-0.25, -0.2) is 0 Å². The maximum Gasteiger partial charge on any atom is 0.492 e. The van der Waals surface area contributed by atoms with E-state index in [1.165, 1.54) is 5.19 Å². The molecule has 3 nitrogen and oxygen atoms in total. The molecule has 0 radical (unpaired) electrons. The molecule has 2 rings (SSSR count). The minimum atomic E-state index is -1.74. The van der Waals surface area contributed by atoms with Crippen molar-refractivity contribution in [2.75, 3.05) is 13.7 Å². The van der Waals surface area contributed by atoms with E-state index >= 15 is 0 Å². The molecule has 0 bridgehead atoms. The van der Waals surface area contributed by atoms with Crippen molar-refractivity contribution in [1.29, 1.82) is 0 Å². The Hall–Kier alpha value is -0.878. The van der Waals surface area contributed by atoms with Gasteiger partial charge in [0, 0.05) is 7.11 Å². The molecule has 1 aromatic carbocycles. The fourth-order valence-corrected chi connectivity index (χ4v) is 5.12. The molecule has 1 aliphatic rings. The van der Waals surface area contributed by atoms with Crippen LogP contribution in [0.15, 0.2) is 41.5 Å². The van der Waals surface area contributed by atoms with Gasteiger partial charge in [0.2, 0.25) is 0 Å². The Bertz CT molecular complexity index is 551. The van der Waals surface area contributed by atoms with Crippen LogP contribution in [-0.4, -0.2) is 40.1 Å². The molecule has 0 spiro atoms. The van der Waals surface area contributed by atoms with Crippen LogP contribution >= 0.6 is 0 Å². The SMILES string of the molecule is COC/C(=C/[Si](C)(C)c1ccccc1)B1OC(C)(C)C(C)(C)O1. The third-order valence-electron chi connectivity index (χ3n) is 4.93. The molecule has 0 unspecified atom stereocenters. The Labute approximate surface area is 142 Å². The van der Waals surface area contributed by atoms with E-state index in [-0.39, 0.29) is 18.3 Å². The molecule has 0 amide bonds. The van der Waals surface area contributed by atoms with Gasteiger partial charge in [-0.1, -0.05) is 54.3 Å². The largest absolute Gasteiger partial charge is 0.492 e. The predicted octanol–water partition coefficient (Wildman–Crippen LogP) is 3.35. The van der Waals surface area contributed by atoms with Gasteiger partial charge in [-0.15, -0.1) is 0 Å². The highest BCUT2D eigenvalue weighted by molar-refractivity contribution is 6.94. The molecular weight excluding hydrogens is 303 g/mol. The first-order valence-corrected chi connectivity index (χ1v) is 11.3. The Morgan fingerprint density at radius 2 is 1.61 bits per heavy atom. The normalized spacial score (nSPS) is 20.8. The van der Waals surface area contributed by atoms with Crippen LogP contribution in [0, 0.1) is 0 Å². The molecule has 0 saturated carbocycles. The zero-order valence-electron chi connectivity index (χ0n) is 15.5. The first kappa shape index (κ1) is 18.5. The molecule has 0 atom stereocenters. The summed E-state index contributed by atoms with van der Waals surface area (Å²) in [7, 11) is -0.361. The van der Waals surface area contributed by atoms with Gasteiger partial charge in [0.25, 0.3) is 0 Å². The van der Waals surface area contributed by atoms with Crippen LogP contribution < -0.4 is 5.19 Å². The summed E-state index contributed by atoms with van der Waals surface area (Å²) in [6, 6.07) is 10.7. The van der Waals surface area contributed by atoms with Crippen molar-refractivity contribution >= 4 is 20.4 Å². The summed E-state index contributed by atoms with van der Waals surface area (Å²) < 4.78 is 17.9. The van der Waals surface area contributed by atoms with Gasteiger partial charge in [-0.3, -0.25) is 0 Å². The number of methoxy groups -OCH3 is 1. The highest BCUT2D eigenvalue weighted by atomic mass is 28.3. The molecule has 0 N–H and O–H groups in total. The lowest BCUT2D eigenvalue weighted by Gasteiger charge is -2.32. The number of ether oxygens (including phenoxy) is 1. The summed E-state index contributed by atoms with van der Waals surface area (Å²) in [5, 5.41) is 1.39. The van der Waals surface area contributed by atoms with Crippen LogP contribution in [0.5, 0.6) is 0 Å². The van der Waals surface area contributed by atoms with E-state index in [1.54, 1.807) is 7.11 Å². The van der Waals surface area contributed by atoms with Gasteiger partial charge >= 0.3 is 7.12 Å². The second-order valence-corrected chi connectivity index (χ2v) is 12.1. The molecular formula is C18H29BO3Si. The fourth-order valence-electron chi connectivity index (χ4n) is 2.75. The summed E-state index contributed by atoms with van der Waals surface area (Å²) >= 11 is 0. The van der Waals surface area contributed by atoms with Crippen LogP contribution in [0.1, 0.15) is 27.7 Å². The van der Waals surface area contributed by atoms with Crippen LogP contribution in [0.3, 0.4) is 0 Å². The fraction of sp³-hybridized carbons (Fsp3) is 0.556. The summed E-state index contributed by atoms with van der Waals surface area (Å²) in [6.45, 7) is 13.5. The second-order valence-electron chi connectivity index (χ2n) is 7.83. The quantitative estimate of drug-likeness (QED) is 0.774. The average Bonchev–Trinajstić information content (AvgIpc) is 2.68. The second kappa shape index (κ2) is 6.55. The number of benzene rings is 1. The van der Waals surface area contributed by atoms with E-state index in [9.17, 15) is 0 Å². The predicted molar refractivity (Wildman–Crippen MR) is 99.6 cm³/mol. The molecule has 1 fully saturated rings. The summed E-state index contributed by atoms with van der Waals surface area (Å²) in [5.74, 6) is 0. The Kier molecular flexibility index (Phi) is 5.26. The smallest absolute Gasteiger partial charge is 0.400 e. The maximum atomic E-state index is 6.21. The molecule has 23 heavy (non-hydrogen) atoms. The van der Waals surface area contributed by atoms with Crippen LogP contribution in [0.4, 0.5) is 0 Å². The highest BCUT2D eigenvalue weighted by Crippen LogP contribution is 2.38. The van der Waals surface area contributed by atoms with Crippen molar-refractivity contribution < 1.29 is 14.0 Å². The van der Waals surface area contributed by atoms with E-state index in [1.807, 2.05) is 0 Å². The van der Waals surface area contributed by atoms with Gasteiger partial charge in [0.1, 0.15) is 8.07 Å². The van der Waals surface area contributed by atoms with Gasteiger partial charge in [-0.05, 0) is 33.2 Å². The zero-order chi connectivity index (χ0) is 17.3. The lowest BCUT2D eigenvalue weighted by atomic mass is 9.80. The standard InChI is InChI=1S/C18H29BO3Si/c1-17(2)18(3,4)22-19(21-17)15(13-20-5)14-23(6,7)16-11-9-8-10-12-16/h8-12,14H,13H2,1-7H3/b15-14-. The molecule has 5 heteroatoms. The molecule has 1 saturated heterocycles. The lowest BCUT2D eigenvalue weighted by molar-refractivity contribution is 0.00578. The van der Waals surface area contributed by atoms with E-state index < -0.39 is 8.07 Å². The molecule has 0 aromatic heterocycles. The van der Waals surface area contributed by atoms with Gasteiger partial charge < -0.3 is 14.0 Å². The van der Waals surface area contributed by atoms with Gasteiger partial charge in [0.05, 0.1) is 17.8 Å². The average molecular weight is 332 g/mol. The van der Waals surface area contributed by atoms with Crippen molar-refractivity contribution in [1.82, 2.24) is 0 Å². The first-order valence-electron chi connectivity index (χ1n) is 8.21. The highest BCUT2D eigenvalue weighted by Gasteiger charge is 2.52. The minimum Gasteiger partial charge on any atom is -0.400 e. The zero-order valence-corrected chi connectivity index (χ0v) is 16.5. The third-order valence-corrected chi connectivity index (χ3v) is 7.84. The van der Waals surface area contributed by atoms with E-state index in [0.717, 1.165) is 5.47 Å². The topological polar surface area (TPSA) is 27.7 Å². The molecule has 126 valence electrons. The van der Waals surface area contributed by atoms with E-state index in [2.05, 4.69) is 76.8 Å². The summed E-state index contributed by atoms with van der Waals surface area (Å²) in [6.07, 6.45) is 0. The summed E-state index contributed by atoms with van der Waals surface area (Å²) in [5.41, 5.74) is 2.78. The Balaban J connectivity index is 2.32. The van der Waals surface area contributed by atoms with Crippen molar-refractivity contribution in [2.45, 2.75) is 52.0 Å². The molecule has 1 heterocycles. The number of hydrogen-bond donors (Lipinski definition) is 0. The number of rotatable bonds is 5. The molecule has 0 aliphatic carbocycles. The van der Waals surface area contributed by atoms with Crippen LogP contribution in [0.25, 0.3) is 0 Å². The minimum absolute atomic E-state index is 0.330. The van der Waals surface area contributed by atoms with Crippen molar-refractivity contribution in [3.8, 4) is 0 Å². The lowest BCUT2D eigenvalue weighted by Crippen LogP contribution is -2.41. The third kappa shape index (κ3) is 3.97. The Morgan fingerprint density at radius 3 is 2.09 bits per heavy atom. The van der Waals surface area contributed by atoms with Crippen molar-refractivity contribution in [3.05, 3.63) is 41.5 Å². The van der Waals surface area contributed by atoms with Gasteiger partial charge in [-0.2, -0.15) is 0 Å². The van der Waals surface area contributed by atoms with Crippen molar-refractivity contribution in [2.24, 2.45) is 0 Å².